The van der Waals surface area contributed by atoms with Gasteiger partial charge in [-0.25, -0.2) is 0 Å². The lowest BCUT2D eigenvalue weighted by atomic mass is 10.0. The molecule has 2 rings (SSSR count). The molecule has 1 amide bonds. The van der Waals surface area contributed by atoms with Gasteiger partial charge in [-0.2, -0.15) is 0 Å². The summed E-state index contributed by atoms with van der Waals surface area (Å²) in [6, 6.07) is 16.7. The molecule has 2 aromatic rings. The Labute approximate surface area is 149 Å². The lowest BCUT2D eigenvalue weighted by Crippen LogP contribution is -2.41. The molecule has 0 aliphatic heterocycles. The standard InChI is InChI=1S/C20H26N2OS/c1-15-10-11-18(24-4)13-19(15)20(23)21-14-17(22(2)3)12-16-8-6-5-7-9-16/h5-11,13,17H,12,14H2,1-4H3,(H,21,23). The first-order chi connectivity index (χ1) is 11.5. The van der Waals surface area contributed by atoms with Crippen LogP contribution in [0.25, 0.3) is 0 Å². The summed E-state index contributed by atoms with van der Waals surface area (Å²) in [4.78, 5) is 15.8. The third-order valence-corrected chi connectivity index (χ3v) is 4.96. The third-order valence-electron chi connectivity index (χ3n) is 4.23. The molecule has 1 N–H and O–H groups in total. The molecule has 24 heavy (non-hydrogen) atoms. The van der Waals surface area contributed by atoms with Crippen LogP contribution in [0.15, 0.2) is 53.4 Å². The monoisotopic (exact) mass is 342 g/mol. The Balaban J connectivity index is 2.02. The van der Waals surface area contributed by atoms with E-state index >= 15 is 0 Å². The van der Waals surface area contributed by atoms with Crippen molar-refractivity contribution < 1.29 is 4.79 Å². The molecule has 4 heteroatoms. The molecular weight excluding hydrogens is 316 g/mol. The summed E-state index contributed by atoms with van der Waals surface area (Å²) in [5, 5.41) is 3.10. The van der Waals surface area contributed by atoms with Crippen LogP contribution >= 0.6 is 11.8 Å². The van der Waals surface area contributed by atoms with Gasteiger partial charge in [-0.05, 0) is 57.0 Å². The van der Waals surface area contributed by atoms with Gasteiger partial charge in [0, 0.05) is 23.0 Å². The number of benzene rings is 2. The minimum atomic E-state index is 0.00307. The van der Waals surface area contributed by atoms with E-state index in [0.717, 1.165) is 22.4 Å². The van der Waals surface area contributed by atoms with Crippen molar-refractivity contribution in [3.8, 4) is 0 Å². The van der Waals surface area contributed by atoms with Gasteiger partial charge < -0.3 is 10.2 Å². The van der Waals surface area contributed by atoms with E-state index in [0.29, 0.717) is 6.54 Å². The molecule has 0 bridgehead atoms. The smallest absolute Gasteiger partial charge is 0.251 e. The van der Waals surface area contributed by atoms with Crippen LogP contribution in [0.2, 0.25) is 0 Å². The van der Waals surface area contributed by atoms with Gasteiger partial charge >= 0.3 is 0 Å². The van der Waals surface area contributed by atoms with Crippen LogP contribution in [0.3, 0.4) is 0 Å². The van der Waals surface area contributed by atoms with Crippen LogP contribution < -0.4 is 5.32 Å². The normalized spacial score (nSPS) is 12.2. The van der Waals surface area contributed by atoms with Crippen molar-refractivity contribution in [2.75, 3.05) is 26.9 Å². The van der Waals surface area contributed by atoms with Gasteiger partial charge in [0.05, 0.1) is 0 Å². The van der Waals surface area contributed by atoms with Gasteiger partial charge in [0.2, 0.25) is 0 Å². The molecule has 2 aromatic carbocycles. The molecule has 0 aliphatic carbocycles. The first-order valence-corrected chi connectivity index (χ1v) is 9.37. The summed E-state index contributed by atoms with van der Waals surface area (Å²) in [5.41, 5.74) is 3.06. The van der Waals surface area contributed by atoms with Gasteiger partial charge in [-0.1, -0.05) is 36.4 Å². The number of aryl methyl sites for hydroxylation is 1. The topological polar surface area (TPSA) is 32.3 Å². The molecule has 3 nitrogen and oxygen atoms in total. The number of rotatable bonds is 7. The first-order valence-electron chi connectivity index (χ1n) is 8.14. The van der Waals surface area contributed by atoms with Crippen LogP contribution in [-0.4, -0.2) is 43.7 Å². The number of carbonyl (C=O) groups excluding carboxylic acids is 1. The predicted molar refractivity (Wildman–Crippen MR) is 103 cm³/mol. The molecule has 0 aliphatic rings. The van der Waals surface area contributed by atoms with Crippen LogP contribution in [-0.2, 0) is 6.42 Å². The highest BCUT2D eigenvalue weighted by atomic mass is 32.2. The number of nitrogens with one attached hydrogen (secondary N) is 1. The molecule has 0 spiro atoms. The van der Waals surface area contributed by atoms with E-state index in [-0.39, 0.29) is 11.9 Å². The van der Waals surface area contributed by atoms with E-state index in [2.05, 4.69) is 54.6 Å². The van der Waals surface area contributed by atoms with E-state index in [1.807, 2.05) is 31.4 Å². The number of likely N-dealkylation sites (N-methyl/N-ethyl adjacent to an activating group) is 1. The molecule has 1 atom stereocenters. The zero-order chi connectivity index (χ0) is 17.5. The maximum atomic E-state index is 12.6. The van der Waals surface area contributed by atoms with Crippen molar-refractivity contribution in [3.05, 3.63) is 65.2 Å². The SMILES string of the molecule is CSc1ccc(C)c(C(=O)NCC(Cc2ccccc2)N(C)C)c1. The van der Waals surface area contributed by atoms with Crippen molar-refractivity contribution in [1.29, 1.82) is 0 Å². The minimum Gasteiger partial charge on any atom is -0.350 e. The summed E-state index contributed by atoms with van der Waals surface area (Å²) in [5.74, 6) is 0.00307. The fourth-order valence-electron chi connectivity index (χ4n) is 2.60. The third kappa shape index (κ3) is 5.11. The molecule has 1 unspecified atom stereocenters. The van der Waals surface area contributed by atoms with Gasteiger partial charge in [-0.3, -0.25) is 4.79 Å². The summed E-state index contributed by atoms with van der Waals surface area (Å²) in [6.07, 6.45) is 2.94. The summed E-state index contributed by atoms with van der Waals surface area (Å²) in [7, 11) is 4.11. The Hall–Kier alpha value is -1.78. The van der Waals surface area contributed by atoms with E-state index in [4.69, 9.17) is 0 Å². The Morgan fingerprint density at radius 2 is 1.88 bits per heavy atom. The van der Waals surface area contributed by atoms with Crippen LogP contribution in [0.5, 0.6) is 0 Å². The Kier molecular flexibility index (Phi) is 6.88. The highest BCUT2D eigenvalue weighted by molar-refractivity contribution is 7.98. The fraction of sp³-hybridized carbons (Fsp3) is 0.350. The predicted octanol–water partition coefficient (Wildman–Crippen LogP) is 3.62. The van der Waals surface area contributed by atoms with Crippen molar-refractivity contribution in [3.63, 3.8) is 0 Å². The average molecular weight is 343 g/mol. The van der Waals surface area contributed by atoms with E-state index in [1.165, 1.54) is 5.56 Å². The molecule has 0 saturated carbocycles. The van der Waals surface area contributed by atoms with Crippen LogP contribution in [0.4, 0.5) is 0 Å². The lowest BCUT2D eigenvalue weighted by molar-refractivity contribution is 0.0941. The number of nitrogens with zero attached hydrogens (tertiary/aromatic N) is 1. The zero-order valence-corrected chi connectivity index (χ0v) is 15.7. The molecule has 0 aromatic heterocycles. The van der Waals surface area contributed by atoms with E-state index < -0.39 is 0 Å². The van der Waals surface area contributed by atoms with Gasteiger partial charge in [0.25, 0.3) is 5.91 Å². The summed E-state index contributed by atoms with van der Waals surface area (Å²) in [6.45, 7) is 2.61. The molecule has 128 valence electrons. The lowest BCUT2D eigenvalue weighted by Gasteiger charge is -2.25. The largest absolute Gasteiger partial charge is 0.350 e. The molecule has 0 fully saturated rings. The highest BCUT2D eigenvalue weighted by Gasteiger charge is 2.15. The zero-order valence-electron chi connectivity index (χ0n) is 14.9. The molecule has 0 radical (unpaired) electrons. The summed E-state index contributed by atoms with van der Waals surface area (Å²) >= 11 is 1.65. The van der Waals surface area contributed by atoms with Gasteiger partial charge in [0.1, 0.15) is 0 Å². The average Bonchev–Trinajstić information content (AvgIpc) is 2.59. The maximum Gasteiger partial charge on any atom is 0.251 e. The van der Waals surface area contributed by atoms with Crippen molar-refractivity contribution in [1.82, 2.24) is 10.2 Å². The van der Waals surface area contributed by atoms with E-state index in [9.17, 15) is 4.79 Å². The second-order valence-electron chi connectivity index (χ2n) is 6.20. The Morgan fingerprint density at radius 3 is 2.50 bits per heavy atom. The molecule has 0 saturated heterocycles. The number of thioether (sulfide) groups is 1. The van der Waals surface area contributed by atoms with Crippen LogP contribution in [0.1, 0.15) is 21.5 Å². The quantitative estimate of drug-likeness (QED) is 0.780. The Morgan fingerprint density at radius 1 is 1.17 bits per heavy atom. The van der Waals surface area contributed by atoms with E-state index in [1.54, 1.807) is 11.8 Å². The molecule has 0 heterocycles. The fourth-order valence-corrected chi connectivity index (χ4v) is 3.04. The van der Waals surface area contributed by atoms with Gasteiger partial charge in [0.15, 0.2) is 0 Å². The van der Waals surface area contributed by atoms with Crippen LogP contribution in [0, 0.1) is 6.92 Å². The Bertz CT molecular complexity index is 671. The number of amides is 1. The van der Waals surface area contributed by atoms with Gasteiger partial charge in [-0.15, -0.1) is 11.8 Å². The van der Waals surface area contributed by atoms with Crippen molar-refractivity contribution in [2.45, 2.75) is 24.3 Å². The number of hydrogen-bond donors (Lipinski definition) is 1. The number of hydrogen-bond acceptors (Lipinski definition) is 3. The number of carbonyl (C=O) groups is 1. The second kappa shape index (κ2) is 8.90. The maximum absolute atomic E-state index is 12.6. The highest BCUT2D eigenvalue weighted by Crippen LogP contribution is 2.19. The molecular formula is C20H26N2OS. The summed E-state index contributed by atoms with van der Waals surface area (Å²) < 4.78 is 0. The minimum absolute atomic E-state index is 0.00307. The first kappa shape index (κ1) is 18.6. The second-order valence-corrected chi connectivity index (χ2v) is 7.08. The van der Waals surface area contributed by atoms with Crippen molar-refractivity contribution >= 4 is 17.7 Å². The van der Waals surface area contributed by atoms with Crippen molar-refractivity contribution in [2.24, 2.45) is 0 Å².